The highest BCUT2D eigenvalue weighted by molar-refractivity contribution is 5.39. The molecule has 0 amide bonds. The molecule has 2 nitrogen and oxygen atoms in total. The number of hydrogen-bond donors (Lipinski definition) is 1. The zero-order chi connectivity index (χ0) is 12.6. The second-order valence-electron chi connectivity index (χ2n) is 5.40. The number of ether oxygens (including phenoxy) is 1. The summed E-state index contributed by atoms with van der Waals surface area (Å²) in [5, 5.41) is 10.5. The first kappa shape index (κ1) is 12.6. The largest absolute Gasteiger partial charge is 0.388 e. The number of aryl methyl sites for hydroxylation is 3. The Hall–Kier alpha value is -0.860. The third-order valence-corrected chi connectivity index (χ3v) is 3.71. The summed E-state index contributed by atoms with van der Waals surface area (Å²) >= 11 is 0. The lowest BCUT2D eigenvalue weighted by Crippen LogP contribution is -2.15. The van der Waals surface area contributed by atoms with Crippen molar-refractivity contribution in [3.63, 3.8) is 0 Å². The minimum Gasteiger partial charge on any atom is -0.388 e. The minimum atomic E-state index is -0.388. The van der Waals surface area contributed by atoms with Crippen LogP contribution in [0, 0.1) is 26.7 Å². The zero-order valence-corrected chi connectivity index (χ0v) is 11.2. The zero-order valence-electron chi connectivity index (χ0n) is 11.2. The summed E-state index contributed by atoms with van der Waals surface area (Å²) in [5.41, 5.74) is 4.73. The molecule has 1 heterocycles. The maximum Gasteiger partial charge on any atom is 0.0846 e. The molecule has 3 unspecified atom stereocenters. The number of aliphatic hydroxyl groups is 1. The molecule has 2 heteroatoms. The standard InChI is InChI=1S/C15H22O2/c1-9-5-10(2)14(11(3)6-9)15(16)13-7-12(4)17-8-13/h5-6,12-13,15-16H,7-8H2,1-4H3. The number of benzene rings is 1. The molecule has 2 rings (SSSR count). The Bertz CT molecular complexity index is 388. The lowest BCUT2D eigenvalue weighted by molar-refractivity contribution is 0.0797. The van der Waals surface area contributed by atoms with E-state index < -0.39 is 0 Å². The fourth-order valence-corrected chi connectivity index (χ4v) is 2.96. The van der Waals surface area contributed by atoms with Crippen LogP contribution >= 0.6 is 0 Å². The second-order valence-corrected chi connectivity index (χ2v) is 5.40. The van der Waals surface area contributed by atoms with Crippen LogP contribution in [0.25, 0.3) is 0 Å². The first-order valence-electron chi connectivity index (χ1n) is 6.36. The van der Waals surface area contributed by atoms with Crippen molar-refractivity contribution < 1.29 is 9.84 Å². The van der Waals surface area contributed by atoms with Gasteiger partial charge in [-0.15, -0.1) is 0 Å². The fraction of sp³-hybridized carbons (Fsp3) is 0.600. The van der Waals surface area contributed by atoms with Crippen LogP contribution in [0.5, 0.6) is 0 Å². The summed E-state index contributed by atoms with van der Waals surface area (Å²) < 4.78 is 5.55. The summed E-state index contributed by atoms with van der Waals surface area (Å²) in [6.07, 6.45) is 0.842. The van der Waals surface area contributed by atoms with Crippen molar-refractivity contribution in [2.45, 2.75) is 46.3 Å². The van der Waals surface area contributed by atoms with Crippen molar-refractivity contribution in [1.82, 2.24) is 0 Å². The second kappa shape index (κ2) is 4.79. The highest BCUT2D eigenvalue weighted by Crippen LogP contribution is 2.34. The predicted octanol–water partition coefficient (Wildman–Crippen LogP) is 3.07. The van der Waals surface area contributed by atoms with Gasteiger partial charge < -0.3 is 9.84 Å². The number of aliphatic hydroxyl groups excluding tert-OH is 1. The third kappa shape index (κ3) is 2.53. The molecule has 0 aromatic heterocycles. The molecule has 0 spiro atoms. The lowest BCUT2D eigenvalue weighted by atomic mass is 9.87. The smallest absolute Gasteiger partial charge is 0.0846 e. The quantitative estimate of drug-likeness (QED) is 0.852. The minimum absolute atomic E-state index is 0.241. The summed E-state index contributed by atoms with van der Waals surface area (Å²) in [5.74, 6) is 0.241. The van der Waals surface area contributed by atoms with E-state index in [0.717, 1.165) is 12.0 Å². The third-order valence-electron chi connectivity index (χ3n) is 3.71. The molecular weight excluding hydrogens is 212 g/mol. The van der Waals surface area contributed by atoms with Crippen LogP contribution in [-0.4, -0.2) is 17.8 Å². The molecule has 1 aliphatic heterocycles. The average Bonchev–Trinajstić information content (AvgIpc) is 2.63. The van der Waals surface area contributed by atoms with Crippen LogP contribution in [0.2, 0.25) is 0 Å². The van der Waals surface area contributed by atoms with Crippen LogP contribution < -0.4 is 0 Å². The molecule has 0 aliphatic carbocycles. The van der Waals surface area contributed by atoms with Crippen molar-refractivity contribution in [3.05, 3.63) is 34.4 Å². The van der Waals surface area contributed by atoms with Gasteiger partial charge in [0.2, 0.25) is 0 Å². The molecule has 1 aromatic carbocycles. The molecule has 1 fully saturated rings. The maximum atomic E-state index is 10.5. The van der Waals surface area contributed by atoms with E-state index >= 15 is 0 Å². The molecule has 17 heavy (non-hydrogen) atoms. The molecule has 1 N–H and O–H groups in total. The van der Waals surface area contributed by atoms with Crippen LogP contribution in [0.15, 0.2) is 12.1 Å². The molecule has 1 aliphatic rings. The van der Waals surface area contributed by atoms with Gasteiger partial charge in [0.05, 0.1) is 18.8 Å². The Balaban J connectivity index is 2.27. The van der Waals surface area contributed by atoms with E-state index in [4.69, 9.17) is 4.74 Å². The van der Waals surface area contributed by atoms with Gasteiger partial charge >= 0.3 is 0 Å². The van der Waals surface area contributed by atoms with E-state index in [1.165, 1.54) is 16.7 Å². The highest BCUT2D eigenvalue weighted by atomic mass is 16.5. The van der Waals surface area contributed by atoms with Gasteiger partial charge in [-0.05, 0) is 50.8 Å². The van der Waals surface area contributed by atoms with Gasteiger partial charge in [0.15, 0.2) is 0 Å². The van der Waals surface area contributed by atoms with Gasteiger partial charge in [0, 0.05) is 5.92 Å². The summed E-state index contributed by atoms with van der Waals surface area (Å²) in [6, 6.07) is 4.29. The van der Waals surface area contributed by atoms with Gasteiger partial charge in [0.1, 0.15) is 0 Å². The van der Waals surface area contributed by atoms with Crippen molar-refractivity contribution >= 4 is 0 Å². The first-order chi connectivity index (χ1) is 7.99. The van der Waals surface area contributed by atoms with E-state index in [-0.39, 0.29) is 18.1 Å². The van der Waals surface area contributed by atoms with Gasteiger partial charge in [-0.1, -0.05) is 17.7 Å². The summed E-state index contributed by atoms with van der Waals surface area (Å²) in [7, 11) is 0. The van der Waals surface area contributed by atoms with Gasteiger partial charge in [-0.2, -0.15) is 0 Å². The number of hydrogen-bond acceptors (Lipinski definition) is 2. The molecule has 94 valence electrons. The molecule has 1 aromatic rings. The Labute approximate surface area is 104 Å². The highest BCUT2D eigenvalue weighted by Gasteiger charge is 2.30. The lowest BCUT2D eigenvalue weighted by Gasteiger charge is -2.21. The first-order valence-corrected chi connectivity index (χ1v) is 6.36. The van der Waals surface area contributed by atoms with E-state index in [1.807, 2.05) is 0 Å². The Kier molecular flexibility index (Phi) is 3.55. The van der Waals surface area contributed by atoms with Crippen molar-refractivity contribution in [2.24, 2.45) is 5.92 Å². The molecular formula is C15H22O2. The van der Waals surface area contributed by atoms with Crippen molar-refractivity contribution in [1.29, 1.82) is 0 Å². The molecule has 0 radical (unpaired) electrons. The Morgan fingerprint density at radius 2 is 1.82 bits per heavy atom. The monoisotopic (exact) mass is 234 g/mol. The van der Waals surface area contributed by atoms with Crippen LogP contribution in [0.3, 0.4) is 0 Å². The SMILES string of the molecule is Cc1cc(C)c(C(O)C2COC(C)C2)c(C)c1. The Morgan fingerprint density at radius 1 is 1.24 bits per heavy atom. The maximum absolute atomic E-state index is 10.5. The summed E-state index contributed by atoms with van der Waals surface area (Å²) in [6.45, 7) is 9.00. The van der Waals surface area contributed by atoms with Gasteiger partial charge in [0.25, 0.3) is 0 Å². The predicted molar refractivity (Wildman–Crippen MR) is 69.1 cm³/mol. The fourth-order valence-electron chi connectivity index (χ4n) is 2.96. The van der Waals surface area contributed by atoms with E-state index in [0.29, 0.717) is 6.61 Å². The summed E-state index contributed by atoms with van der Waals surface area (Å²) in [4.78, 5) is 0. The number of rotatable bonds is 2. The van der Waals surface area contributed by atoms with Crippen molar-refractivity contribution in [2.75, 3.05) is 6.61 Å². The molecule has 3 atom stereocenters. The Morgan fingerprint density at radius 3 is 2.29 bits per heavy atom. The molecule has 0 bridgehead atoms. The van der Waals surface area contributed by atoms with E-state index in [1.54, 1.807) is 0 Å². The molecule has 0 saturated carbocycles. The van der Waals surface area contributed by atoms with E-state index in [9.17, 15) is 5.11 Å². The van der Waals surface area contributed by atoms with Crippen LogP contribution in [0.1, 0.15) is 41.7 Å². The van der Waals surface area contributed by atoms with E-state index in [2.05, 4.69) is 39.8 Å². The van der Waals surface area contributed by atoms with Gasteiger partial charge in [-0.3, -0.25) is 0 Å². The normalized spacial score (nSPS) is 26.2. The van der Waals surface area contributed by atoms with Crippen LogP contribution in [0.4, 0.5) is 0 Å². The van der Waals surface area contributed by atoms with Gasteiger partial charge in [-0.25, -0.2) is 0 Å². The molecule has 1 saturated heterocycles. The van der Waals surface area contributed by atoms with Crippen LogP contribution in [-0.2, 0) is 4.74 Å². The topological polar surface area (TPSA) is 29.5 Å². The van der Waals surface area contributed by atoms with Crippen molar-refractivity contribution in [3.8, 4) is 0 Å². The average molecular weight is 234 g/mol.